The molecule has 100 valence electrons. The van der Waals surface area contributed by atoms with Crippen molar-refractivity contribution in [3.63, 3.8) is 0 Å². The zero-order valence-electron chi connectivity index (χ0n) is 11.1. The predicted molar refractivity (Wildman–Crippen MR) is 72.8 cm³/mol. The molecule has 0 unspecified atom stereocenters. The lowest BCUT2D eigenvalue weighted by Gasteiger charge is -2.10. The molecule has 1 aromatic carbocycles. The van der Waals surface area contributed by atoms with Gasteiger partial charge in [-0.25, -0.2) is 9.37 Å². The molecule has 0 bridgehead atoms. The Labute approximate surface area is 112 Å². The number of ether oxygens (including phenoxy) is 1. The molecule has 0 spiro atoms. The molecule has 0 aliphatic rings. The molecular weight excluding hydrogens is 243 g/mol. The predicted octanol–water partition coefficient (Wildman–Crippen LogP) is 3.43. The number of hydrogen-bond donors (Lipinski definition) is 1. The topological polar surface area (TPSA) is 34.2 Å². The van der Waals surface area contributed by atoms with Crippen LogP contribution < -0.4 is 10.1 Å². The summed E-state index contributed by atoms with van der Waals surface area (Å²) >= 11 is 0. The fourth-order valence-corrected chi connectivity index (χ4v) is 1.66. The molecule has 0 aliphatic heterocycles. The number of aromatic nitrogens is 1. The van der Waals surface area contributed by atoms with Crippen LogP contribution in [0.4, 0.5) is 4.39 Å². The van der Waals surface area contributed by atoms with E-state index in [2.05, 4.69) is 10.3 Å². The van der Waals surface area contributed by atoms with E-state index in [0.29, 0.717) is 23.7 Å². The van der Waals surface area contributed by atoms with E-state index in [-0.39, 0.29) is 5.82 Å². The van der Waals surface area contributed by atoms with E-state index in [4.69, 9.17) is 4.74 Å². The van der Waals surface area contributed by atoms with E-state index in [1.165, 1.54) is 12.3 Å². The molecule has 4 heteroatoms. The third kappa shape index (κ3) is 3.76. The highest BCUT2D eigenvalue weighted by Crippen LogP contribution is 2.23. The van der Waals surface area contributed by atoms with E-state index >= 15 is 0 Å². The highest BCUT2D eigenvalue weighted by molar-refractivity contribution is 5.33. The first-order valence-electron chi connectivity index (χ1n) is 6.28. The molecule has 1 aromatic heterocycles. The van der Waals surface area contributed by atoms with Crippen molar-refractivity contribution in [2.45, 2.75) is 20.4 Å². The normalized spacial score (nSPS) is 10.5. The van der Waals surface area contributed by atoms with Crippen molar-refractivity contribution >= 4 is 0 Å². The summed E-state index contributed by atoms with van der Waals surface area (Å²) in [6.45, 7) is 5.34. The molecule has 0 fully saturated rings. The third-order valence-corrected chi connectivity index (χ3v) is 2.69. The van der Waals surface area contributed by atoms with Crippen LogP contribution in [0.1, 0.15) is 18.1 Å². The van der Waals surface area contributed by atoms with Crippen molar-refractivity contribution in [2.24, 2.45) is 0 Å². The van der Waals surface area contributed by atoms with Crippen LogP contribution in [0.5, 0.6) is 11.6 Å². The van der Waals surface area contributed by atoms with Crippen molar-refractivity contribution in [1.29, 1.82) is 0 Å². The van der Waals surface area contributed by atoms with Gasteiger partial charge in [0.05, 0.1) is 6.20 Å². The summed E-state index contributed by atoms with van der Waals surface area (Å²) in [5, 5.41) is 3.14. The number of nitrogens with zero attached hydrogens (tertiary/aromatic N) is 1. The minimum absolute atomic E-state index is 0.357. The van der Waals surface area contributed by atoms with Gasteiger partial charge in [-0.2, -0.15) is 0 Å². The maximum Gasteiger partial charge on any atom is 0.223 e. The smallest absolute Gasteiger partial charge is 0.223 e. The standard InChI is InChI=1S/C15H17FN2O/c1-3-17-9-12-8-13(16)10-18-15(12)19-14-6-4-11(2)5-7-14/h4-8,10,17H,3,9H2,1-2H3. The fraction of sp³-hybridized carbons (Fsp3) is 0.267. The van der Waals surface area contributed by atoms with Gasteiger partial charge in [0.15, 0.2) is 0 Å². The lowest BCUT2D eigenvalue weighted by molar-refractivity contribution is 0.449. The van der Waals surface area contributed by atoms with Gasteiger partial charge in [-0.15, -0.1) is 0 Å². The lowest BCUT2D eigenvalue weighted by atomic mass is 10.2. The minimum atomic E-state index is -0.357. The molecular formula is C15H17FN2O. The van der Waals surface area contributed by atoms with Gasteiger partial charge in [-0.1, -0.05) is 24.6 Å². The van der Waals surface area contributed by atoms with Gasteiger partial charge in [-0.3, -0.25) is 0 Å². The molecule has 0 amide bonds. The second kappa shape index (κ2) is 6.29. The number of hydrogen-bond acceptors (Lipinski definition) is 3. The molecule has 0 atom stereocenters. The summed E-state index contributed by atoms with van der Waals surface area (Å²) in [5.41, 5.74) is 1.87. The van der Waals surface area contributed by atoms with Crippen LogP contribution in [-0.4, -0.2) is 11.5 Å². The Morgan fingerprint density at radius 2 is 2.00 bits per heavy atom. The maximum atomic E-state index is 13.2. The minimum Gasteiger partial charge on any atom is -0.439 e. The second-order valence-corrected chi connectivity index (χ2v) is 4.31. The number of aryl methyl sites for hydroxylation is 1. The largest absolute Gasteiger partial charge is 0.439 e. The first kappa shape index (κ1) is 13.5. The highest BCUT2D eigenvalue weighted by Gasteiger charge is 2.08. The molecule has 1 N–H and O–H groups in total. The van der Waals surface area contributed by atoms with Crippen molar-refractivity contribution in [3.8, 4) is 11.6 Å². The van der Waals surface area contributed by atoms with Gasteiger partial charge in [0.2, 0.25) is 5.88 Å². The summed E-state index contributed by atoms with van der Waals surface area (Å²) in [7, 11) is 0. The van der Waals surface area contributed by atoms with E-state index in [0.717, 1.165) is 12.1 Å². The average Bonchev–Trinajstić information content (AvgIpc) is 2.41. The number of halogens is 1. The Kier molecular flexibility index (Phi) is 4.47. The van der Waals surface area contributed by atoms with Gasteiger partial charge in [0, 0.05) is 12.1 Å². The molecule has 0 radical (unpaired) electrons. The molecule has 19 heavy (non-hydrogen) atoms. The summed E-state index contributed by atoms with van der Waals surface area (Å²) in [6, 6.07) is 9.11. The van der Waals surface area contributed by atoms with E-state index in [1.807, 2.05) is 38.1 Å². The number of pyridine rings is 1. The van der Waals surface area contributed by atoms with Gasteiger partial charge < -0.3 is 10.1 Å². The van der Waals surface area contributed by atoms with Crippen LogP contribution in [-0.2, 0) is 6.54 Å². The van der Waals surface area contributed by atoms with Gasteiger partial charge in [0.1, 0.15) is 11.6 Å². The van der Waals surface area contributed by atoms with E-state index < -0.39 is 0 Å². The first-order valence-corrected chi connectivity index (χ1v) is 6.28. The van der Waals surface area contributed by atoms with Gasteiger partial charge in [0.25, 0.3) is 0 Å². The van der Waals surface area contributed by atoms with Crippen molar-refractivity contribution in [1.82, 2.24) is 10.3 Å². The van der Waals surface area contributed by atoms with Crippen LogP contribution in [0.3, 0.4) is 0 Å². The lowest BCUT2D eigenvalue weighted by Crippen LogP contribution is -2.13. The van der Waals surface area contributed by atoms with Crippen molar-refractivity contribution < 1.29 is 9.13 Å². The van der Waals surface area contributed by atoms with E-state index in [1.54, 1.807) is 0 Å². The van der Waals surface area contributed by atoms with Crippen molar-refractivity contribution in [2.75, 3.05) is 6.54 Å². The number of rotatable bonds is 5. The number of nitrogens with one attached hydrogen (secondary N) is 1. The van der Waals surface area contributed by atoms with Crippen LogP contribution >= 0.6 is 0 Å². The summed E-state index contributed by atoms with van der Waals surface area (Å²) in [6.07, 6.45) is 1.17. The third-order valence-electron chi connectivity index (χ3n) is 2.69. The van der Waals surface area contributed by atoms with E-state index in [9.17, 15) is 4.39 Å². The monoisotopic (exact) mass is 260 g/mol. The zero-order valence-corrected chi connectivity index (χ0v) is 11.1. The average molecular weight is 260 g/mol. The summed E-state index contributed by atoms with van der Waals surface area (Å²) in [5.74, 6) is 0.776. The van der Waals surface area contributed by atoms with Crippen LogP contribution in [0.15, 0.2) is 36.5 Å². The molecule has 0 aliphatic carbocycles. The maximum absolute atomic E-state index is 13.2. The number of benzene rings is 1. The molecule has 2 aromatic rings. The summed E-state index contributed by atoms with van der Waals surface area (Å²) < 4.78 is 18.9. The Balaban J connectivity index is 2.20. The van der Waals surface area contributed by atoms with Crippen molar-refractivity contribution in [3.05, 3.63) is 53.5 Å². The second-order valence-electron chi connectivity index (χ2n) is 4.31. The van der Waals surface area contributed by atoms with Crippen LogP contribution in [0.2, 0.25) is 0 Å². The fourth-order valence-electron chi connectivity index (χ4n) is 1.66. The molecule has 0 saturated carbocycles. The Hall–Kier alpha value is -1.94. The molecule has 2 rings (SSSR count). The molecule has 3 nitrogen and oxygen atoms in total. The van der Waals surface area contributed by atoms with Gasteiger partial charge >= 0.3 is 0 Å². The van der Waals surface area contributed by atoms with Crippen LogP contribution in [0.25, 0.3) is 0 Å². The zero-order chi connectivity index (χ0) is 13.7. The Bertz CT molecular complexity index is 540. The quantitative estimate of drug-likeness (QED) is 0.894. The summed E-state index contributed by atoms with van der Waals surface area (Å²) in [4.78, 5) is 4.01. The first-order chi connectivity index (χ1) is 9.19. The highest BCUT2D eigenvalue weighted by atomic mass is 19.1. The van der Waals surface area contributed by atoms with Gasteiger partial charge in [-0.05, 0) is 31.7 Å². The molecule has 0 saturated heterocycles. The molecule has 1 heterocycles. The Morgan fingerprint density at radius 1 is 1.26 bits per heavy atom. The van der Waals surface area contributed by atoms with Crippen LogP contribution in [0, 0.1) is 12.7 Å². The Morgan fingerprint density at radius 3 is 2.68 bits per heavy atom. The SMILES string of the molecule is CCNCc1cc(F)cnc1Oc1ccc(C)cc1.